The van der Waals surface area contributed by atoms with Gasteiger partial charge in [0.1, 0.15) is 0 Å². The fourth-order valence-corrected chi connectivity index (χ4v) is 1.81. The second-order valence-electron chi connectivity index (χ2n) is 4.25. The van der Waals surface area contributed by atoms with E-state index < -0.39 is 24.1 Å². The third kappa shape index (κ3) is 5.40. The van der Waals surface area contributed by atoms with Crippen molar-refractivity contribution >= 4 is 11.9 Å². The summed E-state index contributed by atoms with van der Waals surface area (Å²) in [7, 11) is 0. The van der Waals surface area contributed by atoms with Crippen LogP contribution in [0.25, 0.3) is 0 Å². The fourth-order valence-electron chi connectivity index (χ4n) is 1.81. The normalized spacial score (nSPS) is 13.3. The van der Waals surface area contributed by atoms with Gasteiger partial charge in [0.2, 0.25) is 0 Å². The molecule has 1 rings (SSSR count). The smallest absolute Gasteiger partial charge is 0.303 e. The molecule has 0 saturated carbocycles. The van der Waals surface area contributed by atoms with Crippen LogP contribution in [0.4, 0.5) is 0 Å². The van der Waals surface area contributed by atoms with Crippen LogP contribution in [0.1, 0.15) is 32.4 Å². The van der Waals surface area contributed by atoms with Crippen LogP contribution < -0.4 is 0 Å². The third-order valence-corrected chi connectivity index (χ3v) is 2.56. The summed E-state index contributed by atoms with van der Waals surface area (Å²) in [4.78, 5) is 22.5. The Balaban J connectivity index is 2.96. The van der Waals surface area contributed by atoms with Crippen molar-refractivity contribution in [2.24, 2.45) is 0 Å². The molecular weight excluding hydrogens is 260 g/mol. The number of hydrogen-bond donors (Lipinski definition) is 0. The van der Waals surface area contributed by atoms with Crippen molar-refractivity contribution in [1.82, 2.24) is 0 Å². The molecule has 0 aromatic heterocycles. The minimum atomic E-state index is -0.677. The first-order valence-electron chi connectivity index (χ1n) is 6.51. The Labute approximate surface area is 118 Å². The Kier molecular flexibility index (Phi) is 6.73. The number of hydrogen-bond acceptors (Lipinski definition) is 5. The van der Waals surface area contributed by atoms with Crippen molar-refractivity contribution in [2.45, 2.75) is 33.0 Å². The molecule has 0 heterocycles. The van der Waals surface area contributed by atoms with E-state index in [1.807, 2.05) is 37.3 Å². The average Bonchev–Trinajstić information content (AvgIpc) is 2.41. The van der Waals surface area contributed by atoms with Gasteiger partial charge in [0, 0.05) is 20.5 Å². The lowest BCUT2D eigenvalue weighted by atomic mass is 10.0. The van der Waals surface area contributed by atoms with Gasteiger partial charge in [-0.1, -0.05) is 30.3 Å². The molecule has 0 N–H and O–H groups in total. The molecule has 0 aliphatic heterocycles. The summed E-state index contributed by atoms with van der Waals surface area (Å²) in [5.41, 5.74) is 0.758. The van der Waals surface area contributed by atoms with Crippen LogP contribution in [0.5, 0.6) is 0 Å². The molecule has 5 heteroatoms. The number of benzene rings is 1. The van der Waals surface area contributed by atoms with Crippen molar-refractivity contribution in [2.75, 3.05) is 13.2 Å². The highest BCUT2D eigenvalue weighted by Gasteiger charge is 2.29. The molecule has 110 valence electrons. The Morgan fingerprint density at radius 2 is 1.65 bits per heavy atom. The molecule has 0 fully saturated rings. The molecular formula is C15H20O5. The van der Waals surface area contributed by atoms with Crippen molar-refractivity contribution in [3.05, 3.63) is 35.9 Å². The Bertz CT molecular complexity index is 429. The molecule has 0 unspecified atom stereocenters. The van der Waals surface area contributed by atoms with Crippen LogP contribution in [0.15, 0.2) is 30.3 Å². The summed E-state index contributed by atoms with van der Waals surface area (Å²) >= 11 is 0. The van der Waals surface area contributed by atoms with Crippen molar-refractivity contribution in [3.8, 4) is 0 Å². The van der Waals surface area contributed by atoms with Gasteiger partial charge in [0.15, 0.2) is 12.2 Å². The van der Waals surface area contributed by atoms with Gasteiger partial charge in [-0.15, -0.1) is 0 Å². The largest absolute Gasteiger partial charge is 0.456 e. The topological polar surface area (TPSA) is 61.8 Å². The molecule has 2 atom stereocenters. The maximum atomic E-state index is 11.3. The molecule has 0 bridgehead atoms. The van der Waals surface area contributed by atoms with Gasteiger partial charge in [0.25, 0.3) is 0 Å². The van der Waals surface area contributed by atoms with Crippen LogP contribution in [0.3, 0.4) is 0 Å². The molecule has 0 aliphatic carbocycles. The van der Waals surface area contributed by atoms with E-state index in [4.69, 9.17) is 14.2 Å². The van der Waals surface area contributed by atoms with Crippen LogP contribution in [-0.4, -0.2) is 31.3 Å². The predicted molar refractivity (Wildman–Crippen MR) is 73.0 cm³/mol. The summed E-state index contributed by atoms with van der Waals surface area (Å²) in [6.07, 6.45) is -1.34. The van der Waals surface area contributed by atoms with E-state index in [1.165, 1.54) is 13.8 Å². The van der Waals surface area contributed by atoms with Crippen LogP contribution in [0, 0.1) is 0 Å². The molecule has 0 aliphatic rings. The summed E-state index contributed by atoms with van der Waals surface area (Å²) in [5, 5.41) is 0. The van der Waals surface area contributed by atoms with Gasteiger partial charge in [-0.2, -0.15) is 0 Å². The number of rotatable bonds is 7. The molecule has 0 radical (unpaired) electrons. The molecule has 5 nitrogen and oxygen atoms in total. The van der Waals surface area contributed by atoms with Gasteiger partial charge in [-0.25, -0.2) is 0 Å². The fraction of sp³-hybridized carbons (Fsp3) is 0.467. The zero-order valence-electron chi connectivity index (χ0n) is 12.0. The van der Waals surface area contributed by atoms with E-state index in [0.29, 0.717) is 6.61 Å². The SMILES string of the molecule is CCOC[C@@H](OC(C)=O)[C@@H](OC(C)=O)c1ccccc1. The van der Waals surface area contributed by atoms with E-state index >= 15 is 0 Å². The summed E-state index contributed by atoms with van der Waals surface area (Å²) < 4.78 is 15.8. The third-order valence-electron chi connectivity index (χ3n) is 2.56. The first kappa shape index (κ1) is 16.2. The Morgan fingerprint density at radius 1 is 1.05 bits per heavy atom. The highest BCUT2D eigenvalue weighted by Crippen LogP contribution is 2.24. The molecule has 1 aromatic carbocycles. The van der Waals surface area contributed by atoms with E-state index in [-0.39, 0.29) is 6.61 Å². The molecule has 1 aromatic rings. The minimum absolute atomic E-state index is 0.170. The van der Waals surface area contributed by atoms with Crippen LogP contribution in [-0.2, 0) is 23.8 Å². The molecule has 0 amide bonds. The molecule has 0 spiro atoms. The molecule has 0 saturated heterocycles. The maximum Gasteiger partial charge on any atom is 0.303 e. The maximum absolute atomic E-state index is 11.3. The van der Waals surface area contributed by atoms with E-state index in [0.717, 1.165) is 5.56 Å². The van der Waals surface area contributed by atoms with E-state index in [9.17, 15) is 9.59 Å². The minimum Gasteiger partial charge on any atom is -0.456 e. The van der Waals surface area contributed by atoms with Gasteiger partial charge in [-0.05, 0) is 12.5 Å². The lowest BCUT2D eigenvalue weighted by Crippen LogP contribution is -2.32. The second kappa shape index (κ2) is 8.32. The van der Waals surface area contributed by atoms with Gasteiger partial charge < -0.3 is 14.2 Å². The zero-order chi connectivity index (χ0) is 15.0. The molecule has 20 heavy (non-hydrogen) atoms. The van der Waals surface area contributed by atoms with Crippen LogP contribution >= 0.6 is 0 Å². The Morgan fingerprint density at radius 3 is 2.15 bits per heavy atom. The van der Waals surface area contributed by atoms with Crippen molar-refractivity contribution in [3.63, 3.8) is 0 Å². The average molecular weight is 280 g/mol. The number of carbonyl (C=O) groups excluding carboxylic acids is 2. The lowest BCUT2D eigenvalue weighted by Gasteiger charge is -2.26. The summed E-state index contributed by atoms with van der Waals surface area (Å²) in [6, 6.07) is 9.15. The van der Waals surface area contributed by atoms with Gasteiger partial charge in [0.05, 0.1) is 6.61 Å². The lowest BCUT2D eigenvalue weighted by molar-refractivity contribution is -0.170. The van der Waals surface area contributed by atoms with Crippen molar-refractivity contribution < 1.29 is 23.8 Å². The monoisotopic (exact) mass is 280 g/mol. The highest BCUT2D eigenvalue weighted by atomic mass is 16.6. The quantitative estimate of drug-likeness (QED) is 0.717. The Hall–Kier alpha value is -1.88. The number of ether oxygens (including phenoxy) is 3. The predicted octanol–water partition coefficient (Wildman–Crippen LogP) is 2.26. The summed E-state index contributed by atoms with van der Waals surface area (Å²) in [6.45, 7) is 5.13. The van der Waals surface area contributed by atoms with Crippen molar-refractivity contribution in [1.29, 1.82) is 0 Å². The first-order chi connectivity index (χ1) is 9.54. The first-order valence-corrected chi connectivity index (χ1v) is 6.51. The zero-order valence-corrected chi connectivity index (χ0v) is 12.0. The number of esters is 2. The number of carbonyl (C=O) groups is 2. The van der Waals surface area contributed by atoms with Gasteiger partial charge >= 0.3 is 11.9 Å². The van der Waals surface area contributed by atoms with E-state index in [2.05, 4.69) is 0 Å². The second-order valence-corrected chi connectivity index (χ2v) is 4.25. The van der Waals surface area contributed by atoms with E-state index in [1.54, 1.807) is 0 Å². The highest BCUT2D eigenvalue weighted by molar-refractivity contribution is 5.67. The van der Waals surface area contributed by atoms with Crippen LogP contribution in [0.2, 0.25) is 0 Å². The standard InChI is InChI=1S/C15H20O5/c1-4-18-10-14(19-11(2)16)15(20-12(3)17)13-8-6-5-7-9-13/h5-9,14-15H,4,10H2,1-3H3/t14-,15+/m1/s1. The summed E-state index contributed by atoms with van der Waals surface area (Å²) in [5.74, 6) is -0.879. The van der Waals surface area contributed by atoms with Gasteiger partial charge in [-0.3, -0.25) is 9.59 Å².